The van der Waals surface area contributed by atoms with Gasteiger partial charge in [-0.3, -0.25) is 9.36 Å². The Morgan fingerprint density at radius 3 is 2.46 bits per heavy atom. The second kappa shape index (κ2) is 14.7. The number of amidine groups is 1. The summed E-state index contributed by atoms with van der Waals surface area (Å²) in [7, 11) is 0. The van der Waals surface area contributed by atoms with E-state index in [9.17, 15) is 9.90 Å². The molecule has 2 atom stereocenters. The fourth-order valence-corrected chi connectivity index (χ4v) is 6.60. The maximum atomic E-state index is 14.4. The third kappa shape index (κ3) is 7.24. The number of hydrogen-bond acceptors (Lipinski definition) is 9. The van der Waals surface area contributed by atoms with Crippen molar-refractivity contribution in [3.05, 3.63) is 87.6 Å². The molecule has 2 aromatic heterocycles. The van der Waals surface area contributed by atoms with Crippen LogP contribution < -0.4 is 11.0 Å². The van der Waals surface area contributed by atoms with Gasteiger partial charge in [-0.2, -0.15) is 10.1 Å². The Labute approximate surface area is 281 Å². The zero-order valence-corrected chi connectivity index (χ0v) is 28.7. The summed E-state index contributed by atoms with van der Waals surface area (Å²) in [5, 5.41) is 15.0. The lowest BCUT2D eigenvalue weighted by Crippen LogP contribution is -2.40. The van der Waals surface area contributed by atoms with Crippen molar-refractivity contribution in [1.82, 2.24) is 24.6 Å². The lowest BCUT2D eigenvalue weighted by molar-refractivity contribution is -0.144. The summed E-state index contributed by atoms with van der Waals surface area (Å²) in [6.45, 7) is 10.2. The molecule has 1 aliphatic heterocycles. The highest BCUT2D eigenvalue weighted by molar-refractivity contribution is 6.04. The van der Waals surface area contributed by atoms with Crippen molar-refractivity contribution in [2.24, 2.45) is 4.99 Å². The molecule has 0 amide bonds. The molecule has 48 heavy (non-hydrogen) atoms. The van der Waals surface area contributed by atoms with E-state index in [0.717, 1.165) is 78.5 Å². The molecule has 4 aromatic rings. The Kier molecular flexibility index (Phi) is 10.4. The van der Waals surface area contributed by atoms with E-state index in [1.807, 2.05) is 41.1 Å². The van der Waals surface area contributed by atoms with E-state index in [4.69, 9.17) is 14.3 Å². The summed E-state index contributed by atoms with van der Waals surface area (Å²) in [5.74, 6) is 1.23. The molecule has 2 unspecified atom stereocenters. The van der Waals surface area contributed by atoms with Crippen LogP contribution in [0.2, 0.25) is 0 Å². The maximum absolute atomic E-state index is 14.4. The summed E-state index contributed by atoms with van der Waals surface area (Å²) in [4.78, 5) is 29.1. The fourth-order valence-electron chi connectivity index (χ4n) is 6.60. The number of hydroxylamine groups is 1. The molecule has 256 valence electrons. The molecule has 0 bridgehead atoms. The predicted molar refractivity (Wildman–Crippen MR) is 185 cm³/mol. The number of aromatic nitrogens is 4. The van der Waals surface area contributed by atoms with Crippen molar-refractivity contribution in [2.75, 3.05) is 6.61 Å². The summed E-state index contributed by atoms with van der Waals surface area (Å²) >= 11 is 0. The Morgan fingerprint density at radius 2 is 1.77 bits per heavy atom. The Bertz CT molecular complexity index is 1780. The minimum absolute atomic E-state index is 0.00198. The fraction of sp³-hybridized carbons (Fsp3) is 0.514. The summed E-state index contributed by atoms with van der Waals surface area (Å²) in [6, 6.07) is 16.4. The van der Waals surface area contributed by atoms with Crippen molar-refractivity contribution >= 4 is 11.6 Å². The highest BCUT2D eigenvalue weighted by atomic mass is 16.8. The molecule has 0 spiro atoms. The van der Waals surface area contributed by atoms with E-state index in [1.165, 1.54) is 0 Å². The molecule has 11 heteroatoms. The van der Waals surface area contributed by atoms with Crippen LogP contribution in [-0.2, 0) is 27.2 Å². The Balaban J connectivity index is 1.26. The zero-order valence-electron chi connectivity index (χ0n) is 28.7. The van der Waals surface area contributed by atoms with E-state index in [1.54, 1.807) is 20.2 Å². The Hall–Kier alpha value is -3.90. The molecule has 1 aliphatic carbocycles. The molecule has 0 saturated heterocycles. The van der Waals surface area contributed by atoms with Gasteiger partial charge in [-0.15, -0.1) is 0 Å². The average Bonchev–Trinajstić information content (AvgIpc) is 3.76. The second-order valence-corrected chi connectivity index (χ2v) is 13.5. The van der Waals surface area contributed by atoms with Gasteiger partial charge in [0.15, 0.2) is 5.84 Å². The lowest BCUT2D eigenvalue weighted by atomic mass is 9.91. The van der Waals surface area contributed by atoms with Gasteiger partial charge >= 0.3 is 0 Å². The number of ether oxygens (including phenoxy) is 2. The van der Waals surface area contributed by atoms with Crippen LogP contribution in [0, 0.1) is 0 Å². The summed E-state index contributed by atoms with van der Waals surface area (Å²) in [5.41, 5.74) is 7.73. The minimum Gasteiger partial charge on any atom is -0.388 e. The maximum Gasteiger partial charge on any atom is 0.282 e. The first-order valence-electron chi connectivity index (χ1n) is 17.3. The van der Waals surface area contributed by atoms with Gasteiger partial charge in [-0.05, 0) is 76.0 Å². The van der Waals surface area contributed by atoms with Gasteiger partial charge in [-0.1, -0.05) is 68.8 Å². The standard InChI is InChI=1S/C37H48N6O5/c1-6-10-32-31(34(44)42(35-38-23-39-43(32)35)27-17-19-28(20-18-27)47-24(3)37(4,5)45)22-25-13-15-26(16-14-25)29-11-8-9-12-30(29)33-40-36(48-41-33)46-21-7-2/h8-9,11-16,23-24,27-28,36,45H,6-7,10,17-22H2,1-5H3,(H,40,41). The number of rotatable bonds is 13. The molecule has 2 aromatic carbocycles. The summed E-state index contributed by atoms with van der Waals surface area (Å²) in [6.07, 6.45) is 6.87. The number of aliphatic imine (C=N–C) groups is 1. The SMILES string of the molecule is CCCOC1N=C(c2ccccc2-c2ccc(Cc3c(CCC)n4ncnc4n(C4CCC(OC(C)C(C)(C)O)CC4)c3=O)cc2)NO1. The normalized spacial score (nSPS) is 20.5. The van der Waals surface area contributed by atoms with Crippen LogP contribution in [0.3, 0.4) is 0 Å². The zero-order chi connectivity index (χ0) is 33.8. The molecular weight excluding hydrogens is 608 g/mol. The number of hydrogen-bond donors (Lipinski definition) is 2. The second-order valence-electron chi connectivity index (χ2n) is 13.5. The third-order valence-electron chi connectivity index (χ3n) is 9.50. The molecule has 1 saturated carbocycles. The predicted octanol–water partition coefficient (Wildman–Crippen LogP) is 5.75. The van der Waals surface area contributed by atoms with Crippen molar-refractivity contribution in [2.45, 2.75) is 116 Å². The first-order chi connectivity index (χ1) is 23.2. The van der Waals surface area contributed by atoms with Crippen molar-refractivity contribution < 1.29 is 19.4 Å². The van der Waals surface area contributed by atoms with E-state index in [0.29, 0.717) is 24.6 Å². The highest BCUT2D eigenvalue weighted by Gasteiger charge is 2.31. The van der Waals surface area contributed by atoms with Gasteiger partial charge in [0.1, 0.15) is 6.33 Å². The largest absolute Gasteiger partial charge is 0.388 e. The molecule has 1 fully saturated rings. The molecule has 0 radical (unpaired) electrons. The highest BCUT2D eigenvalue weighted by Crippen LogP contribution is 2.33. The number of fused-ring (bicyclic) bond motifs is 1. The van der Waals surface area contributed by atoms with E-state index < -0.39 is 12.0 Å². The van der Waals surface area contributed by atoms with Gasteiger partial charge in [0, 0.05) is 23.6 Å². The van der Waals surface area contributed by atoms with Crippen LogP contribution in [0.4, 0.5) is 0 Å². The van der Waals surface area contributed by atoms with Crippen LogP contribution in [0.5, 0.6) is 0 Å². The molecule has 2 aliphatic rings. The van der Waals surface area contributed by atoms with E-state index in [-0.39, 0.29) is 23.8 Å². The van der Waals surface area contributed by atoms with Gasteiger partial charge < -0.3 is 14.6 Å². The number of aliphatic hydroxyl groups is 1. The first kappa shape index (κ1) is 34.0. The molecule has 11 nitrogen and oxygen atoms in total. The van der Waals surface area contributed by atoms with Crippen molar-refractivity contribution in [3.63, 3.8) is 0 Å². The van der Waals surface area contributed by atoms with Crippen LogP contribution in [0.1, 0.15) is 102 Å². The van der Waals surface area contributed by atoms with Gasteiger partial charge in [-0.25, -0.2) is 19.8 Å². The van der Waals surface area contributed by atoms with Crippen LogP contribution >= 0.6 is 0 Å². The van der Waals surface area contributed by atoms with Crippen LogP contribution in [0.15, 0.2) is 64.6 Å². The number of nitrogens with zero attached hydrogens (tertiary/aromatic N) is 5. The van der Waals surface area contributed by atoms with E-state index in [2.05, 4.69) is 57.8 Å². The first-order valence-corrected chi connectivity index (χ1v) is 17.3. The monoisotopic (exact) mass is 656 g/mol. The molecular formula is C37H48N6O5. The molecule has 2 N–H and O–H groups in total. The summed E-state index contributed by atoms with van der Waals surface area (Å²) < 4.78 is 15.6. The van der Waals surface area contributed by atoms with Crippen molar-refractivity contribution in [1.29, 1.82) is 0 Å². The quantitative estimate of drug-likeness (QED) is 0.186. The molecule has 3 heterocycles. The van der Waals surface area contributed by atoms with Gasteiger partial charge in [0.05, 0.1) is 30.1 Å². The number of nitrogens with one attached hydrogen (secondary N) is 1. The van der Waals surface area contributed by atoms with E-state index >= 15 is 0 Å². The Morgan fingerprint density at radius 1 is 1.04 bits per heavy atom. The number of aryl methyl sites for hydroxylation is 1. The lowest BCUT2D eigenvalue weighted by Gasteiger charge is -2.35. The van der Waals surface area contributed by atoms with Crippen LogP contribution in [0.25, 0.3) is 16.9 Å². The van der Waals surface area contributed by atoms with Gasteiger partial charge in [0.2, 0.25) is 5.78 Å². The van der Waals surface area contributed by atoms with Crippen molar-refractivity contribution in [3.8, 4) is 11.1 Å². The number of benzene rings is 2. The topological polar surface area (TPSA) is 125 Å². The minimum atomic E-state index is -0.906. The van der Waals surface area contributed by atoms with Crippen LogP contribution in [-0.4, -0.2) is 60.9 Å². The third-order valence-corrected chi connectivity index (χ3v) is 9.50. The average molecular weight is 657 g/mol. The van der Waals surface area contributed by atoms with Gasteiger partial charge in [0.25, 0.3) is 12.0 Å². The molecule has 6 rings (SSSR count). The smallest absolute Gasteiger partial charge is 0.282 e.